The molecule has 0 unspecified atom stereocenters. The van der Waals surface area contributed by atoms with E-state index in [1.807, 2.05) is 6.07 Å². The monoisotopic (exact) mass is 360 g/mol. The highest BCUT2D eigenvalue weighted by atomic mass is 16.5. The highest BCUT2D eigenvalue weighted by Gasteiger charge is 2.19. The molecule has 0 spiro atoms. The van der Waals surface area contributed by atoms with Gasteiger partial charge < -0.3 is 15.0 Å². The maximum Gasteiger partial charge on any atom is 0.337 e. The Bertz CT molecular complexity index is 956. The normalized spacial score (nSPS) is 13.0. The van der Waals surface area contributed by atoms with Crippen LogP contribution in [0, 0.1) is 0 Å². The van der Waals surface area contributed by atoms with Gasteiger partial charge in [-0.15, -0.1) is 0 Å². The SMILES string of the molecule is COC(=O)c1ccc(Nc2nccc(N3CCCc4ccccc43)n2)cc1. The molecule has 27 heavy (non-hydrogen) atoms. The second kappa shape index (κ2) is 7.45. The number of ether oxygens (including phenoxy) is 1. The van der Waals surface area contributed by atoms with Gasteiger partial charge >= 0.3 is 5.97 Å². The molecule has 6 nitrogen and oxygen atoms in total. The number of esters is 1. The standard InChI is InChI=1S/C21H20N4O2/c1-27-20(26)16-8-10-17(11-9-16)23-21-22-13-12-19(24-21)25-14-4-6-15-5-2-3-7-18(15)25/h2-3,5,7-13H,4,6,14H2,1H3,(H,22,23,24). The zero-order valence-electron chi connectivity index (χ0n) is 15.1. The molecule has 1 aromatic heterocycles. The lowest BCUT2D eigenvalue weighted by Gasteiger charge is -2.30. The van der Waals surface area contributed by atoms with Crippen LogP contribution in [0.3, 0.4) is 0 Å². The van der Waals surface area contributed by atoms with Crippen molar-refractivity contribution >= 4 is 29.1 Å². The minimum Gasteiger partial charge on any atom is -0.465 e. The molecule has 136 valence electrons. The van der Waals surface area contributed by atoms with E-state index in [4.69, 9.17) is 4.74 Å². The smallest absolute Gasteiger partial charge is 0.337 e. The van der Waals surface area contributed by atoms with Gasteiger partial charge in [-0.05, 0) is 54.8 Å². The van der Waals surface area contributed by atoms with Crippen LogP contribution in [-0.4, -0.2) is 29.6 Å². The van der Waals surface area contributed by atoms with E-state index in [9.17, 15) is 4.79 Å². The molecule has 1 aliphatic rings. The summed E-state index contributed by atoms with van der Waals surface area (Å²) in [5, 5.41) is 3.19. The van der Waals surface area contributed by atoms with Gasteiger partial charge in [0.1, 0.15) is 5.82 Å². The number of carbonyl (C=O) groups excluding carboxylic acids is 1. The van der Waals surface area contributed by atoms with E-state index in [1.165, 1.54) is 18.4 Å². The number of carbonyl (C=O) groups is 1. The van der Waals surface area contributed by atoms with Crippen molar-refractivity contribution in [2.75, 3.05) is 23.9 Å². The second-order valence-electron chi connectivity index (χ2n) is 6.32. The first-order valence-corrected chi connectivity index (χ1v) is 8.88. The van der Waals surface area contributed by atoms with Crippen molar-refractivity contribution in [2.45, 2.75) is 12.8 Å². The van der Waals surface area contributed by atoms with Crippen LogP contribution in [0.15, 0.2) is 60.8 Å². The molecule has 3 aromatic rings. The summed E-state index contributed by atoms with van der Waals surface area (Å²) >= 11 is 0. The molecule has 0 saturated carbocycles. The molecule has 2 aromatic carbocycles. The lowest BCUT2D eigenvalue weighted by molar-refractivity contribution is 0.0601. The van der Waals surface area contributed by atoms with Gasteiger partial charge in [-0.1, -0.05) is 18.2 Å². The topological polar surface area (TPSA) is 67.3 Å². The molecule has 0 amide bonds. The minimum atomic E-state index is -0.358. The molecule has 1 aliphatic heterocycles. The molecule has 1 N–H and O–H groups in total. The molecule has 0 fully saturated rings. The Kier molecular flexibility index (Phi) is 4.70. The van der Waals surface area contributed by atoms with Gasteiger partial charge in [-0.25, -0.2) is 9.78 Å². The van der Waals surface area contributed by atoms with Crippen molar-refractivity contribution in [1.82, 2.24) is 9.97 Å². The van der Waals surface area contributed by atoms with E-state index in [2.05, 4.69) is 44.5 Å². The summed E-state index contributed by atoms with van der Waals surface area (Å²) < 4.78 is 4.72. The fourth-order valence-corrected chi connectivity index (χ4v) is 3.27. The second-order valence-corrected chi connectivity index (χ2v) is 6.32. The van der Waals surface area contributed by atoms with E-state index in [-0.39, 0.29) is 5.97 Å². The predicted molar refractivity (Wildman–Crippen MR) is 105 cm³/mol. The molecular formula is C21H20N4O2. The van der Waals surface area contributed by atoms with Crippen molar-refractivity contribution in [3.63, 3.8) is 0 Å². The third-order valence-corrected chi connectivity index (χ3v) is 4.59. The van der Waals surface area contributed by atoms with Crippen LogP contribution in [-0.2, 0) is 11.2 Å². The van der Waals surface area contributed by atoms with Gasteiger partial charge in [0, 0.05) is 24.1 Å². The summed E-state index contributed by atoms with van der Waals surface area (Å²) in [7, 11) is 1.37. The highest BCUT2D eigenvalue weighted by Crippen LogP contribution is 2.32. The van der Waals surface area contributed by atoms with Crippen LogP contribution in [0.25, 0.3) is 0 Å². The van der Waals surface area contributed by atoms with Gasteiger partial charge in [0.15, 0.2) is 0 Å². The van der Waals surface area contributed by atoms with Gasteiger partial charge in [0.05, 0.1) is 12.7 Å². The van der Waals surface area contributed by atoms with Crippen molar-refractivity contribution in [3.8, 4) is 0 Å². The Morgan fingerprint density at radius 1 is 1.11 bits per heavy atom. The summed E-state index contributed by atoms with van der Waals surface area (Å²) in [5.74, 6) is 1.02. The third kappa shape index (κ3) is 3.60. The van der Waals surface area contributed by atoms with Gasteiger partial charge in [-0.2, -0.15) is 4.98 Å². The molecule has 0 radical (unpaired) electrons. The molecule has 4 rings (SSSR count). The number of nitrogens with zero attached hydrogens (tertiary/aromatic N) is 3. The van der Waals surface area contributed by atoms with Crippen LogP contribution in [0.5, 0.6) is 0 Å². The van der Waals surface area contributed by atoms with Gasteiger partial charge in [0.25, 0.3) is 0 Å². The van der Waals surface area contributed by atoms with Gasteiger partial charge in [-0.3, -0.25) is 0 Å². The molecule has 0 bridgehead atoms. The number of methoxy groups -OCH3 is 1. The van der Waals surface area contributed by atoms with Crippen LogP contribution in [0.4, 0.5) is 23.1 Å². The van der Waals surface area contributed by atoms with Crippen molar-refractivity contribution < 1.29 is 9.53 Å². The van der Waals surface area contributed by atoms with Crippen molar-refractivity contribution in [3.05, 3.63) is 71.9 Å². The molecule has 0 aliphatic carbocycles. The van der Waals surface area contributed by atoms with Crippen LogP contribution < -0.4 is 10.2 Å². The van der Waals surface area contributed by atoms with Crippen LogP contribution in [0.1, 0.15) is 22.3 Å². The zero-order valence-corrected chi connectivity index (χ0v) is 15.1. The highest BCUT2D eigenvalue weighted by molar-refractivity contribution is 5.89. The molecule has 6 heteroatoms. The van der Waals surface area contributed by atoms with Gasteiger partial charge in [0.2, 0.25) is 5.95 Å². The zero-order chi connectivity index (χ0) is 18.6. The molecular weight excluding hydrogens is 340 g/mol. The molecule has 0 saturated heterocycles. The van der Waals surface area contributed by atoms with Crippen molar-refractivity contribution in [1.29, 1.82) is 0 Å². The average molecular weight is 360 g/mol. The number of aromatic nitrogens is 2. The van der Waals surface area contributed by atoms with E-state index >= 15 is 0 Å². The Morgan fingerprint density at radius 3 is 2.74 bits per heavy atom. The molecule has 2 heterocycles. The fraction of sp³-hybridized carbons (Fsp3) is 0.190. The Hall–Kier alpha value is -3.41. The Balaban J connectivity index is 1.56. The fourth-order valence-electron chi connectivity index (χ4n) is 3.27. The predicted octanol–water partition coefficient (Wildman–Crippen LogP) is 4.09. The maximum atomic E-state index is 11.5. The molecule has 0 atom stereocenters. The summed E-state index contributed by atoms with van der Waals surface area (Å²) in [6, 6.07) is 17.4. The van der Waals surface area contributed by atoms with Crippen LogP contribution in [0.2, 0.25) is 0 Å². The van der Waals surface area contributed by atoms with E-state index < -0.39 is 0 Å². The number of para-hydroxylation sites is 1. The number of rotatable bonds is 4. The first kappa shape index (κ1) is 17.0. The summed E-state index contributed by atoms with van der Waals surface area (Å²) in [6.45, 7) is 0.932. The average Bonchev–Trinajstić information content (AvgIpc) is 2.73. The number of fused-ring (bicyclic) bond motifs is 1. The number of nitrogens with one attached hydrogen (secondary N) is 1. The summed E-state index contributed by atoms with van der Waals surface area (Å²) in [4.78, 5) is 22.8. The number of hydrogen-bond donors (Lipinski definition) is 1. The van der Waals surface area contributed by atoms with E-state index in [1.54, 1.807) is 30.5 Å². The first-order valence-electron chi connectivity index (χ1n) is 8.88. The summed E-state index contributed by atoms with van der Waals surface area (Å²) in [5.41, 5.74) is 3.85. The minimum absolute atomic E-state index is 0.358. The summed E-state index contributed by atoms with van der Waals surface area (Å²) in [6.07, 6.45) is 3.94. The lowest BCUT2D eigenvalue weighted by atomic mass is 10.0. The number of anilines is 4. The largest absolute Gasteiger partial charge is 0.465 e. The van der Waals surface area contributed by atoms with Crippen molar-refractivity contribution in [2.24, 2.45) is 0 Å². The van der Waals surface area contributed by atoms with E-state index in [0.29, 0.717) is 11.5 Å². The Labute approximate surface area is 157 Å². The number of aryl methyl sites for hydroxylation is 1. The first-order chi connectivity index (χ1) is 13.2. The number of hydrogen-bond acceptors (Lipinski definition) is 6. The lowest BCUT2D eigenvalue weighted by Crippen LogP contribution is -2.25. The van der Waals surface area contributed by atoms with E-state index in [0.717, 1.165) is 30.9 Å². The third-order valence-electron chi connectivity index (χ3n) is 4.59. The maximum absolute atomic E-state index is 11.5. The number of benzene rings is 2. The Morgan fingerprint density at radius 2 is 1.93 bits per heavy atom. The quantitative estimate of drug-likeness (QED) is 0.707. The van der Waals surface area contributed by atoms with Crippen LogP contribution >= 0.6 is 0 Å².